The van der Waals surface area contributed by atoms with Crippen molar-refractivity contribution in [1.29, 1.82) is 0 Å². The third-order valence-electron chi connectivity index (χ3n) is 4.15. The summed E-state index contributed by atoms with van der Waals surface area (Å²) in [6.45, 7) is 2.30. The second-order valence-corrected chi connectivity index (χ2v) is 6.76. The first-order valence-corrected chi connectivity index (χ1v) is 6.89. The lowest BCUT2D eigenvalue weighted by atomic mass is 9.74. The number of piperidine rings is 1. The summed E-state index contributed by atoms with van der Waals surface area (Å²) in [7, 11) is 2.18. The van der Waals surface area contributed by atoms with E-state index in [9.17, 15) is 0 Å². The minimum atomic E-state index is 0.0972. The van der Waals surface area contributed by atoms with Gasteiger partial charge < -0.3 is 10.6 Å². The summed E-state index contributed by atoms with van der Waals surface area (Å²) in [5, 5.41) is 0. The Morgan fingerprint density at radius 1 is 1.50 bits per heavy atom. The third kappa shape index (κ3) is 1.51. The van der Waals surface area contributed by atoms with Gasteiger partial charge >= 0.3 is 0 Å². The number of hydrogen-bond donors (Lipinski definition) is 1. The zero-order chi connectivity index (χ0) is 11.3. The van der Waals surface area contributed by atoms with E-state index in [1.807, 2.05) is 0 Å². The molecule has 1 atom stereocenters. The van der Waals surface area contributed by atoms with Gasteiger partial charge in [0.1, 0.15) is 0 Å². The summed E-state index contributed by atoms with van der Waals surface area (Å²) in [6, 6.07) is 0.0972. The van der Waals surface area contributed by atoms with Crippen LogP contribution in [0.1, 0.15) is 29.5 Å². The van der Waals surface area contributed by atoms with Crippen LogP contribution in [0.15, 0.2) is 0 Å². The fraction of sp³-hybridized carbons (Fsp3) is 0.727. The highest BCUT2D eigenvalue weighted by molar-refractivity contribution is 7.15. The smallest absolute Gasteiger partial charge is 0.184 e. The molecule has 0 amide bonds. The van der Waals surface area contributed by atoms with Crippen molar-refractivity contribution >= 4 is 22.9 Å². The Morgan fingerprint density at radius 3 is 2.81 bits per heavy atom. The lowest BCUT2D eigenvalue weighted by molar-refractivity contribution is 0.105. The molecule has 2 heterocycles. The number of thiazole rings is 1. The summed E-state index contributed by atoms with van der Waals surface area (Å²) in [6.07, 6.45) is 3.46. The van der Waals surface area contributed by atoms with Crippen molar-refractivity contribution in [2.75, 3.05) is 20.1 Å². The summed E-state index contributed by atoms with van der Waals surface area (Å²) in [5.74, 6) is 0. The summed E-state index contributed by atoms with van der Waals surface area (Å²) in [4.78, 5) is 8.09. The molecule has 0 saturated carbocycles. The molecule has 0 aromatic carbocycles. The molecule has 1 aliphatic carbocycles. The van der Waals surface area contributed by atoms with Gasteiger partial charge in [-0.05, 0) is 44.8 Å². The van der Waals surface area contributed by atoms with E-state index in [4.69, 9.17) is 17.3 Å². The van der Waals surface area contributed by atoms with Gasteiger partial charge in [0.15, 0.2) is 4.47 Å². The highest BCUT2D eigenvalue weighted by atomic mass is 35.5. The molecule has 1 aromatic heterocycles. The Morgan fingerprint density at radius 2 is 2.19 bits per heavy atom. The van der Waals surface area contributed by atoms with Crippen molar-refractivity contribution in [3.63, 3.8) is 0 Å². The van der Waals surface area contributed by atoms with Crippen LogP contribution in [0.3, 0.4) is 0 Å². The van der Waals surface area contributed by atoms with Crippen LogP contribution in [0.2, 0.25) is 4.47 Å². The molecule has 88 valence electrons. The van der Waals surface area contributed by atoms with Crippen molar-refractivity contribution in [2.45, 2.75) is 25.3 Å². The average Bonchev–Trinajstić information content (AvgIpc) is 2.71. The monoisotopic (exact) mass is 257 g/mol. The van der Waals surface area contributed by atoms with Crippen LogP contribution in [0.4, 0.5) is 0 Å². The maximum atomic E-state index is 6.38. The van der Waals surface area contributed by atoms with Crippen molar-refractivity contribution in [3.05, 3.63) is 15.0 Å². The van der Waals surface area contributed by atoms with E-state index in [1.54, 1.807) is 11.3 Å². The quantitative estimate of drug-likeness (QED) is 0.774. The summed E-state index contributed by atoms with van der Waals surface area (Å²) in [5.41, 5.74) is 7.72. The average molecular weight is 258 g/mol. The molecule has 5 heteroatoms. The molecule has 2 N–H and O–H groups in total. The fourth-order valence-corrected chi connectivity index (χ4v) is 4.33. The predicted octanol–water partition coefficient (Wildman–Crippen LogP) is 2.06. The van der Waals surface area contributed by atoms with Gasteiger partial charge in [-0.15, -0.1) is 11.3 Å². The van der Waals surface area contributed by atoms with Gasteiger partial charge in [-0.25, -0.2) is 4.98 Å². The van der Waals surface area contributed by atoms with Crippen molar-refractivity contribution in [1.82, 2.24) is 9.88 Å². The lowest BCUT2D eigenvalue weighted by Gasteiger charge is -2.40. The minimum Gasteiger partial charge on any atom is -0.322 e. The van der Waals surface area contributed by atoms with Crippen LogP contribution in [-0.4, -0.2) is 30.0 Å². The van der Waals surface area contributed by atoms with Crippen LogP contribution >= 0.6 is 22.9 Å². The molecule has 1 spiro atoms. The van der Waals surface area contributed by atoms with E-state index in [0.717, 1.165) is 25.2 Å². The molecular formula is C11H16ClN3S. The molecule has 1 aliphatic heterocycles. The number of rotatable bonds is 0. The maximum Gasteiger partial charge on any atom is 0.184 e. The van der Waals surface area contributed by atoms with Gasteiger partial charge in [0.05, 0.1) is 11.7 Å². The molecule has 1 fully saturated rings. The molecular weight excluding hydrogens is 242 g/mol. The normalized spacial score (nSPS) is 28.6. The van der Waals surface area contributed by atoms with E-state index in [0.29, 0.717) is 4.47 Å². The first kappa shape index (κ1) is 11.0. The minimum absolute atomic E-state index is 0.0972. The number of aromatic nitrogens is 1. The van der Waals surface area contributed by atoms with Gasteiger partial charge in [-0.1, -0.05) is 11.6 Å². The molecule has 1 saturated heterocycles. The first-order valence-electron chi connectivity index (χ1n) is 5.70. The Bertz CT molecular complexity index is 409. The zero-order valence-electron chi connectivity index (χ0n) is 9.37. The van der Waals surface area contributed by atoms with Gasteiger partial charge in [0.2, 0.25) is 0 Å². The Labute approximate surface area is 105 Å². The van der Waals surface area contributed by atoms with Gasteiger partial charge in [-0.3, -0.25) is 0 Å². The van der Waals surface area contributed by atoms with Gasteiger partial charge in [-0.2, -0.15) is 0 Å². The molecule has 0 unspecified atom stereocenters. The number of hydrogen-bond acceptors (Lipinski definition) is 4. The van der Waals surface area contributed by atoms with Crippen LogP contribution in [0.25, 0.3) is 0 Å². The number of nitrogens with two attached hydrogens (primary N) is 1. The topological polar surface area (TPSA) is 42.2 Å². The van der Waals surface area contributed by atoms with E-state index >= 15 is 0 Å². The molecule has 16 heavy (non-hydrogen) atoms. The summed E-state index contributed by atoms with van der Waals surface area (Å²) < 4.78 is 0.642. The Kier molecular flexibility index (Phi) is 2.51. The van der Waals surface area contributed by atoms with Crippen LogP contribution in [-0.2, 0) is 6.42 Å². The Hall–Kier alpha value is -0.160. The number of likely N-dealkylation sites (tertiary alicyclic amines) is 1. The number of fused-ring (bicyclic) bond motifs is 1. The molecule has 0 radical (unpaired) electrons. The van der Waals surface area contributed by atoms with Gasteiger partial charge in [0, 0.05) is 4.88 Å². The number of halogens is 1. The molecule has 2 aliphatic rings. The largest absolute Gasteiger partial charge is 0.322 e. The van der Waals surface area contributed by atoms with Crippen LogP contribution in [0.5, 0.6) is 0 Å². The summed E-state index contributed by atoms with van der Waals surface area (Å²) >= 11 is 7.55. The SMILES string of the molecule is CN1CCC2(CC1)Cc1sc(Cl)nc1[C@H]2N. The van der Waals surface area contributed by atoms with Crippen molar-refractivity contribution in [2.24, 2.45) is 11.1 Å². The molecule has 3 rings (SSSR count). The number of nitrogens with zero attached hydrogens (tertiary/aromatic N) is 2. The maximum absolute atomic E-state index is 6.38. The molecule has 3 nitrogen and oxygen atoms in total. The fourth-order valence-electron chi connectivity index (χ4n) is 2.97. The third-order valence-corrected chi connectivity index (χ3v) is 5.33. The van der Waals surface area contributed by atoms with E-state index in [1.165, 1.54) is 17.7 Å². The zero-order valence-corrected chi connectivity index (χ0v) is 10.9. The van der Waals surface area contributed by atoms with E-state index < -0.39 is 0 Å². The Balaban J connectivity index is 1.89. The van der Waals surface area contributed by atoms with Crippen molar-refractivity contribution in [3.8, 4) is 0 Å². The lowest BCUT2D eigenvalue weighted by Crippen LogP contribution is -2.42. The standard InChI is InChI=1S/C11H16ClN3S/c1-15-4-2-11(3-5-15)6-7-8(9(11)13)14-10(12)16-7/h9H,2-6,13H2,1H3/t9-/m1/s1. The molecule has 0 bridgehead atoms. The van der Waals surface area contributed by atoms with E-state index in [-0.39, 0.29) is 11.5 Å². The second-order valence-electron chi connectivity index (χ2n) is 5.10. The first-order chi connectivity index (χ1) is 7.61. The highest BCUT2D eigenvalue weighted by Crippen LogP contribution is 2.52. The van der Waals surface area contributed by atoms with Crippen molar-refractivity contribution < 1.29 is 0 Å². The highest BCUT2D eigenvalue weighted by Gasteiger charge is 2.47. The van der Waals surface area contributed by atoms with E-state index in [2.05, 4.69) is 16.9 Å². The van der Waals surface area contributed by atoms with Crippen LogP contribution < -0.4 is 5.73 Å². The van der Waals surface area contributed by atoms with Crippen LogP contribution in [0, 0.1) is 5.41 Å². The molecule has 1 aromatic rings. The second kappa shape index (κ2) is 3.67. The predicted molar refractivity (Wildman–Crippen MR) is 66.9 cm³/mol. The van der Waals surface area contributed by atoms with Gasteiger partial charge in [0.25, 0.3) is 0 Å².